The van der Waals surface area contributed by atoms with Crippen molar-refractivity contribution in [1.29, 1.82) is 0 Å². The molecule has 0 N–H and O–H groups in total. The topological polar surface area (TPSA) is 44.1 Å². The molecular formula is C10H14N2O2. The van der Waals surface area contributed by atoms with Gasteiger partial charge in [-0.25, -0.2) is 4.79 Å². The molecule has 14 heavy (non-hydrogen) atoms. The highest BCUT2D eigenvalue weighted by Crippen LogP contribution is 2.00. The summed E-state index contributed by atoms with van der Waals surface area (Å²) in [6, 6.07) is 1.87. The summed E-state index contributed by atoms with van der Waals surface area (Å²) in [5.74, 6) is -0.361. The Morgan fingerprint density at radius 2 is 2.43 bits per heavy atom. The van der Waals surface area contributed by atoms with E-state index in [0.717, 1.165) is 5.69 Å². The van der Waals surface area contributed by atoms with Gasteiger partial charge >= 0.3 is 5.97 Å². The van der Waals surface area contributed by atoms with E-state index in [1.807, 2.05) is 13.0 Å². The summed E-state index contributed by atoms with van der Waals surface area (Å²) in [7, 11) is 0. The normalized spacial score (nSPS) is 9.86. The number of ether oxygens (including phenoxy) is 1. The number of hydrogen-bond donors (Lipinski definition) is 0. The standard InChI is InChI=1S/C10H14N2O2/c1-4-14-10(13)8(2)7-12-6-5-9(3)11-12/h5-6H,2,4,7H2,1,3H3. The Morgan fingerprint density at radius 1 is 1.71 bits per heavy atom. The van der Waals surface area contributed by atoms with E-state index in [1.54, 1.807) is 17.8 Å². The zero-order valence-corrected chi connectivity index (χ0v) is 8.49. The summed E-state index contributed by atoms with van der Waals surface area (Å²) in [6.45, 7) is 8.05. The molecule has 0 unspecified atom stereocenters. The highest BCUT2D eigenvalue weighted by Gasteiger charge is 2.08. The summed E-state index contributed by atoms with van der Waals surface area (Å²) >= 11 is 0. The highest BCUT2D eigenvalue weighted by atomic mass is 16.5. The number of aromatic nitrogens is 2. The van der Waals surface area contributed by atoms with Gasteiger partial charge in [0.1, 0.15) is 0 Å². The predicted octanol–water partition coefficient (Wildman–Crippen LogP) is 1.31. The van der Waals surface area contributed by atoms with Gasteiger partial charge in [0.25, 0.3) is 0 Å². The highest BCUT2D eigenvalue weighted by molar-refractivity contribution is 5.87. The fraction of sp³-hybridized carbons (Fsp3) is 0.400. The Hall–Kier alpha value is -1.58. The maximum absolute atomic E-state index is 11.2. The van der Waals surface area contributed by atoms with Gasteiger partial charge < -0.3 is 4.74 Å². The van der Waals surface area contributed by atoms with Crippen molar-refractivity contribution < 1.29 is 9.53 Å². The molecule has 1 aromatic heterocycles. The second-order valence-corrected chi connectivity index (χ2v) is 2.98. The average molecular weight is 194 g/mol. The van der Waals surface area contributed by atoms with Crippen LogP contribution in [-0.2, 0) is 16.1 Å². The van der Waals surface area contributed by atoms with E-state index in [0.29, 0.717) is 18.7 Å². The lowest BCUT2D eigenvalue weighted by atomic mass is 10.3. The fourth-order valence-electron chi connectivity index (χ4n) is 1.04. The van der Waals surface area contributed by atoms with Crippen LogP contribution in [-0.4, -0.2) is 22.4 Å². The Bertz CT molecular complexity index is 342. The smallest absolute Gasteiger partial charge is 0.335 e. The molecule has 0 aliphatic carbocycles. The molecule has 1 heterocycles. The molecule has 4 nitrogen and oxygen atoms in total. The first kappa shape index (κ1) is 10.5. The molecule has 1 rings (SSSR count). The molecule has 0 radical (unpaired) electrons. The molecule has 0 bridgehead atoms. The Labute approximate surface area is 83.2 Å². The Kier molecular flexibility index (Phi) is 3.45. The van der Waals surface area contributed by atoms with Crippen LogP contribution < -0.4 is 0 Å². The van der Waals surface area contributed by atoms with Crippen molar-refractivity contribution in [2.24, 2.45) is 0 Å². The zero-order valence-electron chi connectivity index (χ0n) is 8.49. The van der Waals surface area contributed by atoms with Gasteiger partial charge in [-0.2, -0.15) is 5.10 Å². The van der Waals surface area contributed by atoms with Crippen molar-refractivity contribution in [3.63, 3.8) is 0 Å². The van der Waals surface area contributed by atoms with Crippen LogP contribution in [0.15, 0.2) is 24.4 Å². The average Bonchev–Trinajstić information content (AvgIpc) is 2.51. The lowest BCUT2D eigenvalue weighted by Gasteiger charge is -2.04. The lowest BCUT2D eigenvalue weighted by molar-refractivity contribution is -0.138. The molecule has 0 spiro atoms. The van der Waals surface area contributed by atoms with Crippen LogP contribution in [0, 0.1) is 6.92 Å². The molecule has 0 aromatic carbocycles. The minimum absolute atomic E-state index is 0.361. The first-order valence-electron chi connectivity index (χ1n) is 4.48. The van der Waals surface area contributed by atoms with Gasteiger partial charge in [-0.15, -0.1) is 0 Å². The molecule has 76 valence electrons. The van der Waals surface area contributed by atoms with Crippen LogP contribution in [0.2, 0.25) is 0 Å². The van der Waals surface area contributed by atoms with Gasteiger partial charge in [0.2, 0.25) is 0 Å². The van der Waals surface area contributed by atoms with Crippen LogP contribution in [0.25, 0.3) is 0 Å². The van der Waals surface area contributed by atoms with Crippen LogP contribution in [0.1, 0.15) is 12.6 Å². The van der Waals surface area contributed by atoms with Gasteiger partial charge in [0.15, 0.2) is 0 Å². The van der Waals surface area contributed by atoms with E-state index in [9.17, 15) is 4.79 Å². The monoisotopic (exact) mass is 194 g/mol. The fourth-order valence-corrected chi connectivity index (χ4v) is 1.04. The summed E-state index contributed by atoms with van der Waals surface area (Å²) in [5.41, 5.74) is 1.33. The molecule has 0 fully saturated rings. The third-order valence-corrected chi connectivity index (χ3v) is 1.69. The van der Waals surface area contributed by atoms with Gasteiger partial charge in [-0.3, -0.25) is 4.68 Å². The molecular weight excluding hydrogens is 180 g/mol. The minimum Gasteiger partial charge on any atom is -0.463 e. The van der Waals surface area contributed by atoms with E-state index < -0.39 is 0 Å². The van der Waals surface area contributed by atoms with E-state index in [4.69, 9.17) is 4.74 Å². The predicted molar refractivity (Wildman–Crippen MR) is 52.7 cm³/mol. The van der Waals surface area contributed by atoms with Crippen LogP contribution >= 0.6 is 0 Å². The quantitative estimate of drug-likeness (QED) is 0.536. The van der Waals surface area contributed by atoms with Crippen LogP contribution in [0.5, 0.6) is 0 Å². The van der Waals surface area contributed by atoms with Crippen LogP contribution in [0.3, 0.4) is 0 Å². The van der Waals surface area contributed by atoms with Crippen LogP contribution in [0.4, 0.5) is 0 Å². The summed E-state index contributed by atoms with van der Waals surface area (Å²) in [4.78, 5) is 11.2. The van der Waals surface area contributed by atoms with Gasteiger partial charge in [-0.1, -0.05) is 6.58 Å². The number of hydrogen-bond acceptors (Lipinski definition) is 3. The second kappa shape index (κ2) is 4.60. The number of aryl methyl sites for hydroxylation is 1. The third-order valence-electron chi connectivity index (χ3n) is 1.69. The number of rotatable bonds is 4. The van der Waals surface area contributed by atoms with Gasteiger partial charge in [-0.05, 0) is 19.9 Å². The molecule has 0 atom stereocenters. The number of esters is 1. The zero-order chi connectivity index (χ0) is 10.6. The van der Waals surface area contributed by atoms with Crippen molar-refractivity contribution in [3.05, 3.63) is 30.1 Å². The maximum atomic E-state index is 11.2. The van der Waals surface area contributed by atoms with Crippen molar-refractivity contribution in [2.75, 3.05) is 6.61 Å². The van der Waals surface area contributed by atoms with Gasteiger partial charge in [0, 0.05) is 6.20 Å². The second-order valence-electron chi connectivity index (χ2n) is 2.98. The minimum atomic E-state index is -0.361. The Balaban J connectivity index is 2.53. The van der Waals surface area contributed by atoms with Crippen molar-refractivity contribution in [1.82, 2.24) is 9.78 Å². The first-order valence-corrected chi connectivity index (χ1v) is 4.48. The molecule has 0 saturated heterocycles. The first-order chi connectivity index (χ1) is 6.63. The van der Waals surface area contributed by atoms with E-state index >= 15 is 0 Å². The van der Waals surface area contributed by atoms with Crippen molar-refractivity contribution in [2.45, 2.75) is 20.4 Å². The van der Waals surface area contributed by atoms with Gasteiger partial charge in [0.05, 0.1) is 24.4 Å². The van der Waals surface area contributed by atoms with E-state index in [-0.39, 0.29) is 5.97 Å². The molecule has 4 heteroatoms. The summed E-state index contributed by atoms with van der Waals surface area (Å²) in [6.07, 6.45) is 1.81. The molecule has 0 amide bonds. The number of carbonyl (C=O) groups is 1. The van der Waals surface area contributed by atoms with E-state index in [1.165, 1.54) is 0 Å². The summed E-state index contributed by atoms with van der Waals surface area (Å²) < 4.78 is 6.46. The lowest BCUT2D eigenvalue weighted by Crippen LogP contribution is -2.12. The molecule has 1 aromatic rings. The maximum Gasteiger partial charge on any atom is 0.335 e. The summed E-state index contributed by atoms with van der Waals surface area (Å²) in [5, 5.41) is 4.14. The molecule has 0 aliphatic rings. The SMILES string of the molecule is C=C(Cn1ccc(C)n1)C(=O)OCC. The largest absolute Gasteiger partial charge is 0.463 e. The Morgan fingerprint density at radius 3 is 2.93 bits per heavy atom. The third kappa shape index (κ3) is 2.73. The number of carbonyl (C=O) groups excluding carboxylic acids is 1. The number of nitrogens with zero attached hydrogens (tertiary/aromatic N) is 2. The van der Waals surface area contributed by atoms with Crippen molar-refractivity contribution in [3.8, 4) is 0 Å². The van der Waals surface area contributed by atoms with Crippen molar-refractivity contribution >= 4 is 5.97 Å². The van der Waals surface area contributed by atoms with E-state index in [2.05, 4.69) is 11.7 Å². The molecule has 0 aliphatic heterocycles. The molecule has 0 saturated carbocycles.